The average Bonchev–Trinajstić information content (AvgIpc) is 3.90. The zero-order valence-electron chi connectivity index (χ0n) is 29.6. The molecule has 9 rings (SSSR count). The van der Waals surface area contributed by atoms with E-state index in [4.69, 9.17) is 15.7 Å². The van der Waals surface area contributed by atoms with Gasteiger partial charge in [0, 0.05) is 61.7 Å². The second kappa shape index (κ2) is 16.1. The molecular weight excluding hydrogens is 729 g/mol. The van der Waals surface area contributed by atoms with Crippen LogP contribution in [0.5, 0.6) is 0 Å². The van der Waals surface area contributed by atoms with Crippen molar-refractivity contribution in [1.29, 1.82) is 0 Å². The molecule has 272 valence electrons. The molecule has 0 bridgehead atoms. The summed E-state index contributed by atoms with van der Waals surface area (Å²) in [6.07, 6.45) is 1.64. The lowest BCUT2D eigenvalue weighted by molar-refractivity contribution is -0.118. The van der Waals surface area contributed by atoms with Crippen molar-refractivity contribution in [2.75, 3.05) is 10.6 Å². The lowest BCUT2D eigenvalue weighted by Crippen LogP contribution is -2.04. The van der Waals surface area contributed by atoms with E-state index in [0.717, 1.165) is 64.5 Å². The zero-order chi connectivity index (χ0) is 37.7. The van der Waals surface area contributed by atoms with E-state index in [9.17, 15) is 13.6 Å². The Bertz CT molecular complexity index is 2800. The number of thiophene rings is 2. The summed E-state index contributed by atoms with van der Waals surface area (Å²) in [5.41, 5.74) is 12.0. The molecule has 6 nitrogen and oxygen atoms in total. The molecule has 0 aliphatic heterocycles. The van der Waals surface area contributed by atoms with Gasteiger partial charge in [-0.3, -0.25) is 4.79 Å². The topological polar surface area (TPSA) is 92.9 Å². The summed E-state index contributed by atoms with van der Waals surface area (Å²) in [7, 11) is 0. The van der Waals surface area contributed by atoms with Crippen LogP contribution >= 0.6 is 22.7 Å². The third kappa shape index (κ3) is 8.22. The van der Waals surface area contributed by atoms with Gasteiger partial charge in [0.25, 0.3) is 0 Å². The predicted octanol–water partition coefficient (Wildman–Crippen LogP) is 11.9. The smallest absolute Gasteiger partial charge is 0.139 e. The van der Waals surface area contributed by atoms with E-state index in [1.54, 1.807) is 34.8 Å². The van der Waals surface area contributed by atoms with E-state index >= 15 is 0 Å². The van der Waals surface area contributed by atoms with Gasteiger partial charge in [-0.1, -0.05) is 66.7 Å². The number of ketones is 1. The maximum absolute atomic E-state index is 13.6. The summed E-state index contributed by atoms with van der Waals surface area (Å²) < 4.78 is 29.3. The average molecular weight is 764 g/mol. The summed E-state index contributed by atoms with van der Waals surface area (Å²) in [6.45, 7) is 0.479. The van der Waals surface area contributed by atoms with E-state index in [2.05, 4.69) is 34.9 Å². The minimum absolute atomic E-state index is 0.228. The fourth-order valence-corrected chi connectivity index (χ4v) is 8.43. The van der Waals surface area contributed by atoms with Crippen LogP contribution in [-0.2, 0) is 24.2 Å². The molecule has 0 saturated carbocycles. The number of Topliss-reactive ketones (excluding diaryl/α,β-unsaturated/α-hetero) is 1. The second-order valence-electron chi connectivity index (χ2n) is 13.1. The molecule has 4 heterocycles. The maximum Gasteiger partial charge on any atom is 0.139 e. The van der Waals surface area contributed by atoms with Crippen molar-refractivity contribution in [3.05, 3.63) is 166 Å². The Morgan fingerprint density at radius 2 is 1.13 bits per heavy atom. The van der Waals surface area contributed by atoms with Crippen molar-refractivity contribution in [2.24, 2.45) is 5.73 Å². The van der Waals surface area contributed by atoms with E-state index in [1.165, 1.54) is 24.3 Å². The number of benzene rings is 5. The Labute approximate surface area is 324 Å². The molecule has 0 radical (unpaired) electrons. The third-order valence-corrected chi connectivity index (χ3v) is 11.2. The van der Waals surface area contributed by atoms with Gasteiger partial charge in [0.1, 0.15) is 29.1 Å². The summed E-state index contributed by atoms with van der Waals surface area (Å²) in [5, 5.41) is 14.8. The SMILES string of the molecule is NCc1ccc2c(c1)nc(Nc1cccc(F)c1)c1ccsc12.O=C(CCc1ccc2c(c1)nc(Nc1cccc(F)c1)c1ccsc12)Cc1ccccc1. The predicted molar refractivity (Wildman–Crippen MR) is 225 cm³/mol. The number of rotatable bonds is 10. The van der Waals surface area contributed by atoms with Crippen LogP contribution in [-0.4, -0.2) is 15.8 Å². The first-order valence-corrected chi connectivity index (χ1v) is 19.6. The number of halogens is 2. The number of hydrogen-bond donors (Lipinski definition) is 3. The Morgan fingerprint density at radius 3 is 1.67 bits per heavy atom. The molecular formula is C45H35F2N5OS2. The maximum atomic E-state index is 13.6. The molecule has 0 aliphatic carbocycles. The highest BCUT2D eigenvalue weighted by atomic mass is 32.1. The number of carbonyl (C=O) groups is 1. The largest absolute Gasteiger partial charge is 0.340 e. The van der Waals surface area contributed by atoms with Gasteiger partial charge in [0.2, 0.25) is 0 Å². The van der Waals surface area contributed by atoms with Gasteiger partial charge in [-0.15, -0.1) is 22.7 Å². The molecule has 4 N–H and O–H groups in total. The number of nitrogens with zero attached hydrogens (tertiary/aromatic N) is 2. The fraction of sp³-hybridized carbons (Fsp3) is 0.0889. The highest BCUT2D eigenvalue weighted by molar-refractivity contribution is 7.18. The molecule has 5 aromatic carbocycles. The van der Waals surface area contributed by atoms with Crippen molar-refractivity contribution in [2.45, 2.75) is 25.8 Å². The quantitative estimate of drug-likeness (QED) is 0.128. The number of fused-ring (bicyclic) bond motifs is 6. The van der Waals surface area contributed by atoms with E-state index in [-0.39, 0.29) is 17.4 Å². The first-order chi connectivity index (χ1) is 26.9. The summed E-state index contributed by atoms with van der Waals surface area (Å²) in [4.78, 5) is 22.0. The van der Waals surface area contributed by atoms with Crippen LogP contribution in [0.3, 0.4) is 0 Å². The van der Waals surface area contributed by atoms with Gasteiger partial charge < -0.3 is 16.4 Å². The molecule has 0 spiro atoms. The molecule has 0 aliphatic rings. The molecule has 9 aromatic rings. The van der Waals surface area contributed by atoms with Crippen LogP contribution in [0, 0.1) is 11.6 Å². The molecule has 0 amide bonds. The van der Waals surface area contributed by atoms with Crippen LogP contribution in [0.15, 0.2) is 138 Å². The number of aromatic nitrogens is 2. The van der Waals surface area contributed by atoms with Gasteiger partial charge in [0.15, 0.2) is 0 Å². The van der Waals surface area contributed by atoms with Gasteiger partial charge >= 0.3 is 0 Å². The fourth-order valence-electron chi connectivity index (χ4n) is 6.57. The minimum atomic E-state index is -0.292. The Kier molecular flexibility index (Phi) is 10.5. The molecule has 0 fully saturated rings. The lowest BCUT2D eigenvalue weighted by atomic mass is 10.0. The zero-order valence-corrected chi connectivity index (χ0v) is 31.2. The summed E-state index contributed by atoms with van der Waals surface area (Å²) in [6, 6.07) is 39.0. The van der Waals surface area contributed by atoms with E-state index in [0.29, 0.717) is 43.0 Å². The number of carbonyl (C=O) groups excluding carboxylic acids is 1. The standard InChI is InChI=1S/C27H21FN2OS.C18H14FN3S/c28-20-7-4-8-21(17-20)29-27-24-13-14-32-26(24)23-12-10-19(16-25(23)30-27)9-11-22(31)15-18-5-2-1-3-6-18;19-12-2-1-3-13(9-12)21-18-15-6-7-23-17(15)14-5-4-11(10-20)8-16(14)22-18/h1-8,10,12-14,16-17H,9,11,15H2,(H,29,30);1-9H,10,20H2,(H,21,22). The number of nitrogens with one attached hydrogen (secondary N) is 2. The molecule has 55 heavy (non-hydrogen) atoms. The molecule has 0 atom stereocenters. The molecule has 0 unspecified atom stereocenters. The van der Waals surface area contributed by atoms with Gasteiger partial charge in [-0.05, 0) is 94.5 Å². The first-order valence-electron chi connectivity index (χ1n) is 17.8. The van der Waals surface area contributed by atoms with Crippen molar-refractivity contribution in [3.8, 4) is 0 Å². The number of aryl methyl sites for hydroxylation is 1. The van der Waals surface area contributed by atoms with Gasteiger partial charge in [0.05, 0.1) is 11.0 Å². The Hall–Kier alpha value is -6.07. The van der Waals surface area contributed by atoms with Crippen molar-refractivity contribution >= 4 is 93.4 Å². The summed E-state index contributed by atoms with van der Waals surface area (Å²) in [5.74, 6) is 1.10. The van der Waals surface area contributed by atoms with Crippen molar-refractivity contribution < 1.29 is 13.6 Å². The van der Waals surface area contributed by atoms with E-state index in [1.807, 2.05) is 77.5 Å². The van der Waals surface area contributed by atoms with Crippen molar-refractivity contribution in [3.63, 3.8) is 0 Å². The molecule has 10 heteroatoms. The first kappa shape index (κ1) is 35.9. The van der Waals surface area contributed by atoms with Crippen LogP contribution < -0.4 is 16.4 Å². The van der Waals surface area contributed by atoms with Gasteiger partial charge in [-0.25, -0.2) is 18.7 Å². The number of pyridine rings is 2. The highest BCUT2D eigenvalue weighted by Crippen LogP contribution is 2.36. The highest BCUT2D eigenvalue weighted by Gasteiger charge is 2.13. The number of hydrogen-bond acceptors (Lipinski definition) is 8. The van der Waals surface area contributed by atoms with Crippen LogP contribution in [0.4, 0.5) is 31.8 Å². The Balaban J connectivity index is 0.000000164. The number of nitrogens with two attached hydrogens (primary N) is 1. The molecule has 4 aromatic heterocycles. The minimum Gasteiger partial charge on any atom is -0.340 e. The number of anilines is 4. The lowest BCUT2D eigenvalue weighted by Gasteiger charge is -2.10. The third-order valence-electron chi connectivity index (χ3n) is 9.27. The molecule has 0 saturated heterocycles. The Morgan fingerprint density at radius 1 is 0.582 bits per heavy atom. The van der Waals surface area contributed by atoms with Crippen LogP contribution in [0.1, 0.15) is 23.1 Å². The van der Waals surface area contributed by atoms with Crippen LogP contribution in [0.2, 0.25) is 0 Å². The van der Waals surface area contributed by atoms with Crippen molar-refractivity contribution in [1.82, 2.24) is 9.97 Å². The van der Waals surface area contributed by atoms with Gasteiger partial charge in [-0.2, -0.15) is 0 Å². The second-order valence-corrected chi connectivity index (χ2v) is 15.0. The normalized spacial score (nSPS) is 11.2. The van der Waals surface area contributed by atoms with Crippen LogP contribution in [0.25, 0.3) is 42.0 Å². The van der Waals surface area contributed by atoms with E-state index < -0.39 is 0 Å². The monoisotopic (exact) mass is 763 g/mol. The summed E-state index contributed by atoms with van der Waals surface area (Å²) >= 11 is 3.33.